The van der Waals surface area contributed by atoms with Crippen LogP contribution in [0.3, 0.4) is 0 Å². The molecular formula is C23H24N2O4S. The first kappa shape index (κ1) is 21.5. The summed E-state index contributed by atoms with van der Waals surface area (Å²) in [4.78, 5) is 11.6. The number of rotatable bonds is 9. The van der Waals surface area contributed by atoms with Gasteiger partial charge in [0.1, 0.15) is 0 Å². The Labute approximate surface area is 176 Å². The maximum Gasteiger partial charge on any atom is 0.337 e. The van der Waals surface area contributed by atoms with Gasteiger partial charge in [0.15, 0.2) is 0 Å². The summed E-state index contributed by atoms with van der Waals surface area (Å²) in [6.07, 6.45) is 0.718. The summed E-state index contributed by atoms with van der Waals surface area (Å²) >= 11 is 0. The molecule has 0 amide bonds. The van der Waals surface area contributed by atoms with Crippen LogP contribution in [0.1, 0.15) is 34.5 Å². The van der Waals surface area contributed by atoms with Crippen molar-refractivity contribution in [3.8, 4) is 0 Å². The summed E-state index contributed by atoms with van der Waals surface area (Å²) in [5.41, 5.74) is 2.24. The molecule has 1 unspecified atom stereocenters. The van der Waals surface area contributed by atoms with Crippen LogP contribution in [0.15, 0.2) is 83.8 Å². The first-order valence-electron chi connectivity index (χ1n) is 9.59. The van der Waals surface area contributed by atoms with E-state index in [4.69, 9.17) is 0 Å². The Morgan fingerprint density at radius 1 is 0.967 bits per heavy atom. The summed E-state index contributed by atoms with van der Waals surface area (Å²) in [6, 6.07) is 22.6. The van der Waals surface area contributed by atoms with Gasteiger partial charge in [-0.3, -0.25) is 0 Å². The molecule has 0 saturated carbocycles. The fraction of sp³-hybridized carbons (Fsp3) is 0.174. The van der Waals surface area contributed by atoms with Gasteiger partial charge < -0.3 is 10.4 Å². The molecule has 7 heteroatoms. The molecule has 0 radical (unpaired) electrons. The lowest BCUT2D eigenvalue weighted by Gasteiger charge is -2.16. The molecule has 0 aliphatic rings. The zero-order chi connectivity index (χ0) is 21.6. The van der Waals surface area contributed by atoms with E-state index in [1.54, 1.807) is 6.92 Å². The average Bonchev–Trinajstić information content (AvgIpc) is 2.74. The largest absolute Gasteiger partial charge is 0.478 e. The SMILES string of the molecule is CC(NS(=O)(=O)c1ccc(NCCc2ccccc2)c(C(=O)O)c1)c1ccccc1. The van der Waals surface area contributed by atoms with E-state index in [-0.39, 0.29) is 10.5 Å². The fourth-order valence-corrected chi connectivity index (χ4v) is 4.38. The van der Waals surface area contributed by atoms with Gasteiger partial charge in [-0.05, 0) is 42.7 Å². The molecule has 3 rings (SSSR count). The van der Waals surface area contributed by atoms with Gasteiger partial charge in [0.05, 0.1) is 10.5 Å². The van der Waals surface area contributed by atoms with E-state index in [2.05, 4.69) is 10.0 Å². The van der Waals surface area contributed by atoms with E-state index in [1.165, 1.54) is 18.2 Å². The van der Waals surface area contributed by atoms with Gasteiger partial charge in [-0.25, -0.2) is 17.9 Å². The van der Waals surface area contributed by atoms with Crippen LogP contribution in [0.25, 0.3) is 0 Å². The van der Waals surface area contributed by atoms with Crippen molar-refractivity contribution in [3.63, 3.8) is 0 Å². The van der Waals surface area contributed by atoms with Crippen molar-refractivity contribution in [1.29, 1.82) is 0 Å². The molecule has 3 aromatic carbocycles. The third kappa shape index (κ3) is 5.46. The molecule has 30 heavy (non-hydrogen) atoms. The van der Waals surface area contributed by atoms with Crippen LogP contribution < -0.4 is 10.0 Å². The molecule has 3 aromatic rings. The summed E-state index contributed by atoms with van der Waals surface area (Å²) in [5.74, 6) is -1.19. The van der Waals surface area contributed by atoms with E-state index >= 15 is 0 Å². The predicted octanol–water partition coefficient (Wildman–Crippen LogP) is 4.08. The van der Waals surface area contributed by atoms with Crippen molar-refractivity contribution < 1.29 is 18.3 Å². The third-order valence-corrected chi connectivity index (χ3v) is 6.27. The molecule has 0 bridgehead atoms. The summed E-state index contributed by atoms with van der Waals surface area (Å²) < 4.78 is 28.2. The number of anilines is 1. The Balaban J connectivity index is 1.75. The normalized spacial score (nSPS) is 12.3. The maximum absolute atomic E-state index is 12.8. The van der Waals surface area contributed by atoms with Crippen molar-refractivity contribution >= 4 is 21.7 Å². The molecule has 0 aromatic heterocycles. The van der Waals surface area contributed by atoms with Crippen LogP contribution in [-0.2, 0) is 16.4 Å². The number of aromatic carboxylic acids is 1. The number of hydrogen-bond donors (Lipinski definition) is 3. The predicted molar refractivity (Wildman–Crippen MR) is 117 cm³/mol. The van der Waals surface area contributed by atoms with Gasteiger partial charge in [-0.15, -0.1) is 0 Å². The maximum atomic E-state index is 12.8. The van der Waals surface area contributed by atoms with Crippen LogP contribution in [0.5, 0.6) is 0 Å². The first-order valence-corrected chi connectivity index (χ1v) is 11.1. The Kier molecular flexibility index (Phi) is 6.87. The number of nitrogens with one attached hydrogen (secondary N) is 2. The van der Waals surface area contributed by atoms with Crippen LogP contribution in [-0.4, -0.2) is 26.0 Å². The van der Waals surface area contributed by atoms with Crippen molar-refractivity contribution in [2.24, 2.45) is 0 Å². The Hall–Kier alpha value is -3.16. The minimum Gasteiger partial charge on any atom is -0.478 e. The second-order valence-electron chi connectivity index (χ2n) is 6.93. The highest BCUT2D eigenvalue weighted by atomic mass is 32.2. The summed E-state index contributed by atoms with van der Waals surface area (Å²) in [5, 5.41) is 12.7. The molecule has 156 valence electrons. The van der Waals surface area contributed by atoms with E-state index in [0.29, 0.717) is 12.2 Å². The molecule has 0 heterocycles. The minimum atomic E-state index is -3.89. The Morgan fingerprint density at radius 3 is 2.23 bits per heavy atom. The lowest BCUT2D eigenvalue weighted by atomic mass is 10.1. The van der Waals surface area contributed by atoms with Gasteiger partial charge in [0.2, 0.25) is 10.0 Å². The van der Waals surface area contributed by atoms with Gasteiger partial charge in [0.25, 0.3) is 0 Å². The quantitative estimate of drug-likeness (QED) is 0.481. The number of hydrogen-bond acceptors (Lipinski definition) is 4. The van der Waals surface area contributed by atoms with E-state index in [1.807, 2.05) is 60.7 Å². The highest BCUT2D eigenvalue weighted by Crippen LogP contribution is 2.23. The zero-order valence-corrected chi connectivity index (χ0v) is 17.4. The van der Waals surface area contributed by atoms with Gasteiger partial charge in [-0.1, -0.05) is 60.7 Å². The lowest BCUT2D eigenvalue weighted by molar-refractivity contribution is 0.0697. The summed E-state index contributed by atoms with van der Waals surface area (Å²) in [6.45, 7) is 2.27. The molecule has 0 saturated heterocycles. The number of benzene rings is 3. The van der Waals surface area contributed by atoms with Gasteiger partial charge >= 0.3 is 5.97 Å². The fourth-order valence-electron chi connectivity index (χ4n) is 3.12. The van der Waals surface area contributed by atoms with Crippen LogP contribution in [0.4, 0.5) is 5.69 Å². The molecule has 1 atom stereocenters. The smallest absolute Gasteiger partial charge is 0.337 e. The second kappa shape index (κ2) is 9.56. The monoisotopic (exact) mass is 424 g/mol. The van der Waals surface area contributed by atoms with Crippen molar-refractivity contribution in [2.75, 3.05) is 11.9 Å². The molecule has 0 aliphatic heterocycles. The van der Waals surface area contributed by atoms with E-state index in [9.17, 15) is 18.3 Å². The summed E-state index contributed by atoms with van der Waals surface area (Å²) in [7, 11) is -3.89. The topological polar surface area (TPSA) is 95.5 Å². The zero-order valence-electron chi connectivity index (χ0n) is 16.6. The van der Waals surface area contributed by atoms with Crippen LogP contribution in [0, 0.1) is 0 Å². The minimum absolute atomic E-state index is 0.0849. The van der Waals surface area contributed by atoms with Gasteiger partial charge in [-0.2, -0.15) is 0 Å². The van der Waals surface area contributed by atoms with Crippen molar-refractivity contribution in [1.82, 2.24) is 4.72 Å². The number of carboxylic acids is 1. The second-order valence-corrected chi connectivity index (χ2v) is 8.64. The molecule has 0 aliphatic carbocycles. The van der Waals surface area contributed by atoms with E-state index in [0.717, 1.165) is 17.5 Å². The number of carboxylic acid groups (broad SMARTS) is 1. The molecule has 0 spiro atoms. The van der Waals surface area contributed by atoms with Gasteiger partial charge in [0, 0.05) is 18.3 Å². The van der Waals surface area contributed by atoms with Crippen LogP contribution in [0.2, 0.25) is 0 Å². The molecule has 6 nitrogen and oxygen atoms in total. The van der Waals surface area contributed by atoms with E-state index < -0.39 is 22.0 Å². The third-order valence-electron chi connectivity index (χ3n) is 4.74. The standard InChI is InChI=1S/C23H24N2O4S/c1-17(19-10-6-3-7-11-19)25-30(28,29)20-12-13-22(21(16-20)23(26)27)24-15-14-18-8-4-2-5-9-18/h2-13,16-17,24-25H,14-15H2,1H3,(H,26,27). The highest BCUT2D eigenvalue weighted by Gasteiger charge is 2.21. The number of sulfonamides is 1. The highest BCUT2D eigenvalue weighted by molar-refractivity contribution is 7.89. The lowest BCUT2D eigenvalue weighted by Crippen LogP contribution is -2.27. The van der Waals surface area contributed by atoms with Crippen molar-refractivity contribution in [2.45, 2.75) is 24.3 Å². The average molecular weight is 425 g/mol. The van der Waals surface area contributed by atoms with Crippen LogP contribution >= 0.6 is 0 Å². The molecule has 0 fully saturated rings. The Morgan fingerprint density at radius 2 is 1.60 bits per heavy atom. The molecule has 3 N–H and O–H groups in total. The molecular weight excluding hydrogens is 400 g/mol. The number of carbonyl (C=O) groups is 1. The van der Waals surface area contributed by atoms with Crippen molar-refractivity contribution in [3.05, 3.63) is 95.6 Å². The first-order chi connectivity index (χ1) is 14.4. The Bertz CT molecular complexity index is 1100.